The second-order valence-corrected chi connectivity index (χ2v) is 6.44. The lowest BCUT2D eigenvalue weighted by Crippen LogP contribution is -2.11. The van der Waals surface area contributed by atoms with Crippen molar-refractivity contribution in [2.75, 3.05) is 17.7 Å². The number of methoxy groups -OCH3 is 1. The normalized spacial score (nSPS) is 10.6. The Morgan fingerprint density at radius 2 is 1.92 bits per heavy atom. The van der Waals surface area contributed by atoms with Crippen LogP contribution in [0.1, 0.15) is 23.7 Å². The minimum Gasteiger partial charge on any atom is -0.494 e. The van der Waals surface area contributed by atoms with Crippen LogP contribution < -0.4 is 15.4 Å². The number of carbonyl (C=O) groups is 2. The first-order valence-corrected chi connectivity index (χ1v) is 8.67. The Morgan fingerprint density at radius 3 is 2.58 bits per heavy atom. The first kappa shape index (κ1) is 17.8. The number of halogens is 1. The Labute approximate surface area is 153 Å². The van der Waals surface area contributed by atoms with Gasteiger partial charge in [0.2, 0.25) is 5.91 Å². The van der Waals surface area contributed by atoms with Crippen LogP contribution in [0.3, 0.4) is 0 Å². The lowest BCUT2D eigenvalue weighted by atomic mass is 10.2. The van der Waals surface area contributed by atoms with Crippen molar-refractivity contribution in [3.63, 3.8) is 0 Å². The van der Waals surface area contributed by atoms with Gasteiger partial charge in [-0.3, -0.25) is 9.59 Å². The molecule has 1 heterocycles. The van der Waals surface area contributed by atoms with E-state index in [1.54, 1.807) is 19.1 Å². The zero-order valence-corrected chi connectivity index (χ0v) is 14.9. The number of rotatable bonds is 5. The summed E-state index contributed by atoms with van der Waals surface area (Å²) in [6, 6.07) is 8.67. The quantitative estimate of drug-likeness (QED) is 0.707. The van der Waals surface area contributed by atoms with Crippen LogP contribution >= 0.6 is 11.3 Å². The number of hydrogen-bond donors (Lipinski definition) is 2. The number of hydrogen-bond acceptors (Lipinski definition) is 5. The van der Waals surface area contributed by atoms with Crippen molar-refractivity contribution in [3.8, 4) is 5.75 Å². The highest BCUT2D eigenvalue weighted by molar-refractivity contribution is 7.22. The summed E-state index contributed by atoms with van der Waals surface area (Å²) in [7, 11) is 1.50. The molecular weight excluding hydrogens is 357 g/mol. The maximum Gasteiger partial charge on any atom is 0.255 e. The highest BCUT2D eigenvalue weighted by atomic mass is 32.1. The molecule has 0 unspecified atom stereocenters. The number of thiazole rings is 1. The number of aromatic nitrogens is 1. The third kappa shape index (κ3) is 3.80. The van der Waals surface area contributed by atoms with E-state index >= 15 is 0 Å². The fraction of sp³-hybridized carbons (Fsp3) is 0.167. The minimum atomic E-state index is -0.407. The first-order chi connectivity index (χ1) is 12.5. The SMILES string of the molecule is CCC(=O)Nc1nc2c(OC)cc(NC(=O)c3ccc(F)cc3)cc2s1. The highest BCUT2D eigenvalue weighted by Crippen LogP contribution is 2.35. The molecule has 3 aromatic rings. The predicted octanol–water partition coefficient (Wildman–Crippen LogP) is 4.04. The number of fused-ring (bicyclic) bond motifs is 1. The molecule has 2 amide bonds. The summed E-state index contributed by atoms with van der Waals surface area (Å²) in [5.74, 6) is -0.426. The van der Waals surface area contributed by atoms with Gasteiger partial charge in [-0.2, -0.15) is 0 Å². The second kappa shape index (κ2) is 7.49. The maximum atomic E-state index is 13.0. The van der Waals surface area contributed by atoms with Gasteiger partial charge in [-0.05, 0) is 30.3 Å². The molecule has 0 fully saturated rings. The topological polar surface area (TPSA) is 80.3 Å². The van der Waals surface area contributed by atoms with Crippen molar-refractivity contribution in [1.29, 1.82) is 0 Å². The van der Waals surface area contributed by atoms with Gasteiger partial charge in [0.25, 0.3) is 5.91 Å². The second-order valence-electron chi connectivity index (χ2n) is 5.41. The van der Waals surface area contributed by atoms with E-state index in [9.17, 15) is 14.0 Å². The number of ether oxygens (including phenoxy) is 1. The van der Waals surface area contributed by atoms with Gasteiger partial charge in [-0.1, -0.05) is 18.3 Å². The van der Waals surface area contributed by atoms with E-state index in [1.165, 1.54) is 42.7 Å². The molecule has 0 bridgehead atoms. The molecule has 0 aliphatic heterocycles. The molecule has 6 nitrogen and oxygen atoms in total. The van der Waals surface area contributed by atoms with Crippen LogP contribution in [-0.2, 0) is 4.79 Å². The number of nitrogens with zero attached hydrogens (tertiary/aromatic N) is 1. The number of carbonyl (C=O) groups excluding carboxylic acids is 2. The molecule has 0 aliphatic carbocycles. The van der Waals surface area contributed by atoms with Gasteiger partial charge >= 0.3 is 0 Å². The molecule has 26 heavy (non-hydrogen) atoms. The van der Waals surface area contributed by atoms with Gasteiger partial charge in [-0.15, -0.1) is 0 Å². The smallest absolute Gasteiger partial charge is 0.255 e. The van der Waals surface area contributed by atoms with Crippen molar-refractivity contribution in [2.24, 2.45) is 0 Å². The summed E-state index contributed by atoms with van der Waals surface area (Å²) >= 11 is 1.29. The maximum absolute atomic E-state index is 13.0. The van der Waals surface area contributed by atoms with Gasteiger partial charge in [0, 0.05) is 23.7 Å². The van der Waals surface area contributed by atoms with E-state index in [-0.39, 0.29) is 11.8 Å². The average Bonchev–Trinajstić information content (AvgIpc) is 3.03. The standard InChI is InChI=1S/C18H16FN3O3S/c1-3-15(23)21-18-22-16-13(25-2)8-12(9-14(16)26-18)20-17(24)10-4-6-11(19)7-5-10/h4-9H,3H2,1-2H3,(H,20,24)(H,21,22,23). The molecule has 3 rings (SSSR count). The molecule has 0 radical (unpaired) electrons. The molecule has 8 heteroatoms. The zero-order chi connectivity index (χ0) is 18.7. The number of nitrogens with one attached hydrogen (secondary N) is 2. The Kier molecular flexibility index (Phi) is 5.13. The van der Waals surface area contributed by atoms with Crippen molar-refractivity contribution in [3.05, 3.63) is 47.8 Å². The monoisotopic (exact) mass is 373 g/mol. The van der Waals surface area contributed by atoms with Crippen molar-refractivity contribution >= 4 is 44.2 Å². The predicted molar refractivity (Wildman–Crippen MR) is 99.4 cm³/mol. The fourth-order valence-corrected chi connectivity index (χ4v) is 3.23. The van der Waals surface area contributed by atoms with Crippen LogP contribution in [0.5, 0.6) is 5.75 Å². The van der Waals surface area contributed by atoms with Crippen molar-refractivity contribution in [1.82, 2.24) is 4.98 Å². The Bertz CT molecular complexity index is 970. The van der Waals surface area contributed by atoms with Crippen LogP contribution in [0, 0.1) is 5.82 Å². The Balaban J connectivity index is 1.90. The molecule has 0 atom stereocenters. The molecule has 2 aromatic carbocycles. The van der Waals surface area contributed by atoms with Gasteiger partial charge in [-0.25, -0.2) is 9.37 Å². The highest BCUT2D eigenvalue weighted by Gasteiger charge is 2.14. The Morgan fingerprint density at radius 1 is 1.19 bits per heavy atom. The summed E-state index contributed by atoms with van der Waals surface area (Å²) in [4.78, 5) is 28.2. The van der Waals surface area contributed by atoms with Crippen molar-refractivity contribution < 1.29 is 18.7 Å². The van der Waals surface area contributed by atoms with Gasteiger partial charge in [0.05, 0.1) is 11.8 Å². The van der Waals surface area contributed by atoms with Crippen LogP contribution in [0.25, 0.3) is 10.2 Å². The number of anilines is 2. The lowest BCUT2D eigenvalue weighted by Gasteiger charge is -2.08. The van der Waals surface area contributed by atoms with E-state index in [0.717, 1.165) is 4.70 Å². The van der Waals surface area contributed by atoms with Crippen LogP contribution in [0.2, 0.25) is 0 Å². The molecule has 2 N–H and O–H groups in total. The fourth-order valence-electron chi connectivity index (χ4n) is 2.29. The van der Waals surface area contributed by atoms with Gasteiger partial charge in [0.15, 0.2) is 5.13 Å². The third-order valence-electron chi connectivity index (χ3n) is 3.61. The van der Waals surface area contributed by atoms with Crippen LogP contribution in [0.15, 0.2) is 36.4 Å². The van der Waals surface area contributed by atoms with E-state index in [1.807, 2.05) is 0 Å². The number of amides is 2. The minimum absolute atomic E-state index is 0.132. The lowest BCUT2D eigenvalue weighted by molar-refractivity contribution is -0.115. The largest absolute Gasteiger partial charge is 0.494 e. The van der Waals surface area contributed by atoms with E-state index in [0.29, 0.717) is 34.1 Å². The first-order valence-electron chi connectivity index (χ1n) is 7.85. The van der Waals surface area contributed by atoms with E-state index < -0.39 is 5.82 Å². The average molecular weight is 373 g/mol. The summed E-state index contributed by atoms with van der Waals surface area (Å²) in [5, 5.41) is 5.93. The van der Waals surface area contributed by atoms with Crippen molar-refractivity contribution in [2.45, 2.75) is 13.3 Å². The molecule has 1 aromatic heterocycles. The summed E-state index contributed by atoms with van der Waals surface area (Å²) in [6.07, 6.45) is 0.353. The molecule has 0 saturated carbocycles. The summed E-state index contributed by atoms with van der Waals surface area (Å²) < 4.78 is 19.1. The molecular formula is C18H16FN3O3S. The molecule has 134 valence electrons. The van der Waals surface area contributed by atoms with Gasteiger partial charge in [0.1, 0.15) is 17.1 Å². The van der Waals surface area contributed by atoms with Crippen LogP contribution in [0.4, 0.5) is 15.2 Å². The van der Waals surface area contributed by atoms with Gasteiger partial charge < -0.3 is 15.4 Å². The molecule has 0 spiro atoms. The Hall–Kier alpha value is -3.00. The molecule has 0 saturated heterocycles. The van der Waals surface area contributed by atoms with E-state index in [2.05, 4.69) is 15.6 Å². The summed E-state index contributed by atoms with van der Waals surface area (Å²) in [6.45, 7) is 1.76. The zero-order valence-electron chi connectivity index (χ0n) is 14.1. The van der Waals surface area contributed by atoms with Crippen LogP contribution in [-0.4, -0.2) is 23.9 Å². The third-order valence-corrected chi connectivity index (χ3v) is 4.53. The molecule has 0 aliphatic rings. The van der Waals surface area contributed by atoms with E-state index in [4.69, 9.17) is 4.74 Å². The number of benzene rings is 2. The summed E-state index contributed by atoms with van der Waals surface area (Å²) in [5.41, 5.74) is 1.45.